The van der Waals surface area contributed by atoms with E-state index >= 15 is 0 Å². The van der Waals surface area contributed by atoms with E-state index in [1.54, 1.807) is 0 Å². The van der Waals surface area contributed by atoms with Crippen molar-refractivity contribution in [2.45, 2.75) is 19.3 Å². The molecule has 0 unspecified atom stereocenters. The Labute approximate surface area is 333 Å². The van der Waals surface area contributed by atoms with Gasteiger partial charge >= 0.3 is 0 Å². The highest BCUT2D eigenvalue weighted by molar-refractivity contribution is 6.28. The van der Waals surface area contributed by atoms with E-state index in [9.17, 15) is 0 Å². The first-order valence-corrected chi connectivity index (χ1v) is 20.1. The summed E-state index contributed by atoms with van der Waals surface area (Å²) in [5.41, 5.74) is 20.8. The van der Waals surface area contributed by atoms with E-state index in [1.165, 1.54) is 121 Å². The van der Waals surface area contributed by atoms with Gasteiger partial charge in [-0.15, -0.1) is 0 Å². The maximum atomic E-state index is 2.45. The predicted molar refractivity (Wildman–Crippen MR) is 243 cm³/mol. The summed E-state index contributed by atoms with van der Waals surface area (Å²) in [7, 11) is 0. The Balaban J connectivity index is 1.12. The molecular weight excluding hydrogens is 685 g/mol. The van der Waals surface area contributed by atoms with Crippen LogP contribution in [0.25, 0.3) is 110 Å². The molecular formula is C57H38. The van der Waals surface area contributed by atoms with Crippen molar-refractivity contribution in [2.75, 3.05) is 0 Å². The monoisotopic (exact) mass is 722 g/mol. The predicted octanol–water partition coefficient (Wildman–Crippen LogP) is 15.8. The smallest absolute Gasteiger partial charge is 0.0159 e. The molecule has 0 saturated heterocycles. The average molecular weight is 723 g/mol. The minimum Gasteiger partial charge on any atom is -0.0622 e. The molecule has 0 spiro atoms. The van der Waals surface area contributed by atoms with Crippen LogP contribution in [0.2, 0.25) is 0 Å². The summed E-state index contributed by atoms with van der Waals surface area (Å²) in [4.78, 5) is 0. The minimum absolute atomic E-state index is 0.0403. The summed E-state index contributed by atoms with van der Waals surface area (Å²) in [5.74, 6) is 0. The zero-order valence-corrected chi connectivity index (χ0v) is 32.0. The van der Waals surface area contributed by atoms with Crippen LogP contribution in [-0.2, 0) is 5.41 Å². The Hall–Kier alpha value is -7.02. The van der Waals surface area contributed by atoms with E-state index in [2.05, 4.69) is 208 Å². The maximum absolute atomic E-state index is 2.45. The quantitative estimate of drug-likeness (QED) is 0.170. The molecule has 0 atom stereocenters. The third-order valence-corrected chi connectivity index (χ3v) is 13.0. The summed E-state index contributed by atoms with van der Waals surface area (Å²) in [5, 5.41) is 7.73. The van der Waals surface area contributed by atoms with Crippen LogP contribution in [0.4, 0.5) is 0 Å². The number of fused-ring (bicyclic) bond motifs is 8. The van der Waals surface area contributed by atoms with Crippen molar-refractivity contribution in [3.63, 3.8) is 0 Å². The SMILES string of the molecule is CC1(C)c2ccccc2-c2cc3ccc(-c4ccc(-c5c6c(c(-c7ccccc7)c7ccccc57)-c5cccc7cccc-6c57)c(-c5ccccc5)c4)cc3cc21. The van der Waals surface area contributed by atoms with Gasteiger partial charge in [0.05, 0.1) is 0 Å². The average Bonchev–Trinajstić information content (AvgIpc) is 3.71. The fourth-order valence-corrected chi connectivity index (χ4v) is 10.3. The van der Waals surface area contributed by atoms with Gasteiger partial charge in [0.25, 0.3) is 0 Å². The molecule has 2 aliphatic carbocycles. The molecule has 0 saturated carbocycles. The molecule has 10 aromatic carbocycles. The molecule has 0 aromatic heterocycles. The summed E-state index contributed by atoms with van der Waals surface area (Å²) in [6, 6.07) is 72.7. The van der Waals surface area contributed by atoms with Crippen LogP contribution in [0.15, 0.2) is 194 Å². The third kappa shape index (κ3) is 4.62. The Morgan fingerprint density at radius 3 is 1.63 bits per heavy atom. The third-order valence-electron chi connectivity index (χ3n) is 13.0. The van der Waals surface area contributed by atoms with E-state index in [1.807, 2.05) is 0 Å². The summed E-state index contributed by atoms with van der Waals surface area (Å²) in [6.45, 7) is 4.73. The van der Waals surface area contributed by atoms with Crippen LogP contribution >= 0.6 is 0 Å². The van der Waals surface area contributed by atoms with Crippen LogP contribution in [0, 0.1) is 0 Å². The van der Waals surface area contributed by atoms with E-state index in [4.69, 9.17) is 0 Å². The lowest BCUT2D eigenvalue weighted by atomic mass is 9.80. The highest BCUT2D eigenvalue weighted by Crippen LogP contribution is 2.58. The Bertz CT molecular complexity index is 3290. The van der Waals surface area contributed by atoms with Gasteiger partial charge in [-0.1, -0.05) is 184 Å². The van der Waals surface area contributed by atoms with Crippen molar-refractivity contribution in [1.29, 1.82) is 0 Å². The van der Waals surface area contributed by atoms with Crippen LogP contribution < -0.4 is 0 Å². The van der Waals surface area contributed by atoms with E-state index in [0.29, 0.717) is 0 Å². The molecule has 0 amide bonds. The van der Waals surface area contributed by atoms with Crippen molar-refractivity contribution < 1.29 is 0 Å². The van der Waals surface area contributed by atoms with Gasteiger partial charge in [0, 0.05) is 5.41 Å². The highest BCUT2D eigenvalue weighted by Gasteiger charge is 2.35. The van der Waals surface area contributed by atoms with E-state index < -0.39 is 0 Å². The van der Waals surface area contributed by atoms with Crippen molar-refractivity contribution in [3.05, 3.63) is 205 Å². The first-order chi connectivity index (χ1) is 28.0. The normalized spacial score (nSPS) is 13.2. The molecule has 266 valence electrons. The molecule has 0 fully saturated rings. The van der Waals surface area contributed by atoms with Gasteiger partial charge in [0.2, 0.25) is 0 Å². The Kier molecular flexibility index (Phi) is 6.78. The maximum Gasteiger partial charge on any atom is 0.0159 e. The number of hydrogen-bond donors (Lipinski definition) is 0. The highest BCUT2D eigenvalue weighted by atomic mass is 14.4. The molecule has 0 bridgehead atoms. The first kappa shape index (κ1) is 32.2. The second-order valence-corrected chi connectivity index (χ2v) is 16.4. The summed E-state index contributed by atoms with van der Waals surface area (Å²) < 4.78 is 0. The Morgan fingerprint density at radius 1 is 0.281 bits per heavy atom. The second kappa shape index (κ2) is 12.0. The standard InChI is InChI=1S/C57H38/c1-57(2)50-26-12-11-21-42(50)49-33-40-28-27-38(31-41(40)34-51(49)57)39-29-30-45(48(32-39)35-15-5-3-6-16-35)54-44-23-10-9-22-43(44)53(37-17-7-4-8-18-37)55-46-24-13-19-36-20-14-25-47(52(36)46)56(54)55/h3-34H,1-2H3. The summed E-state index contributed by atoms with van der Waals surface area (Å²) >= 11 is 0. The van der Waals surface area contributed by atoms with Crippen molar-refractivity contribution in [1.82, 2.24) is 0 Å². The lowest BCUT2D eigenvalue weighted by molar-refractivity contribution is 0.661. The van der Waals surface area contributed by atoms with Crippen LogP contribution in [0.3, 0.4) is 0 Å². The van der Waals surface area contributed by atoms with Crippen molar-refractivity contribution in [2.24, 2.45) is 0 Å². The van der Waals surface area contributed by atoms with Crippen LogP contribution in [-0.4, -0.2) is 0 Å². The van der Waals surface area contributed by atoms with Gasteiger partial charge in [0.15, 0.2) is 0 Å². The van der Waals surface area contributed by atoms with E-state index in [0.717, 1.165) is 0 Å². The van der Waals surface area contributed by atoms with Crippen LogP contribution in [0.1, 0.15) is 25.0 Å². The van der Waals surface area contributed by atoms with Gasteiger partial charge in [-0.3, -0.25) is 0 Å². The molecule has 10 aromatic rings. The molecule has 2 aliphatic rings. The van der Waals surface area contributed by atoms with Gasteiger partial charge in [-0.2, -0.15) is 0 Å². The largest absolute Gasteiger partial charge is 0.0622 e. The summed E-state index contributed by atoms with van der Waals surface area (Å²) in [6.07, 6.45) is 0. The van der Waals surface area contributed by atoms with Crippen molar-refractivity contribution >= 4 is 32.3 Å². The number of benzene rings is 10. The van der Waals surface area contributed by atoms with Gasteiger partial charge in [0.1, 0.15) is 0 Å². The molecule has 57 heavy (non-hydrogen) atoms. The molecule has 0 radical (unpaired) electrons. The van der Waals surface area contributed by atoms with Gasteiger partial charge < -0.3 is 0 Å². The fraction of sp³-hybridized carbons (Fsp3) is 0.0526. The Morgan fingerprint density at radius 2 is 0.877 bits per heavy atom. The van der Waals surface area contributed by atoms with Gasteiger partial charge in [-0.25, -0.2) is 0 Å². The molecule has 0 nitrogen and oxygen atoms in total. The lowest BCUT2D eigenvalue weighted by Gasteiger charge is -2.23. The molecule has 0 heteroatoms. The first-order valence-electron chi connectivity index (χ1n) is 20.1. The number of rotatable bonds is 4. The minimum atomic E-state index is -0.0403. The molecule has 0 heterocycles. The lowest BCUT2D eigenvalue weighted by Crippen LogP contribution is -2.14. The second-order valence-electron chi connectivity index (χ2n) is 16.4. The van der Waals surface area contributed by atoms with Crippen LogP contribution in [0.5, 0.6) is 0 Å². The fourth-order valence-electron chi connectivity index (χ4n) is 10.3. The zero-order valence-electron chi connectivity index (χ0n) is 32.0. The number of hydrogen-bond acceptors (Lipinski definition) is 0. The molecule has 0 N–H and O–H groups in total. The zero-order chi connectivity index (χ0) is 37.8. The molecule has 0 aliphatic heterocycles. The molecule has 12 rings (SSSR count). The van der Waals surface area contributed by atoms with E-state index in [-0.39, 0.29) is 5.41 Å². The topological polar surface area (TPSA) is 0 Å². The van der Waals surface area contributed by atoms with Crippen molar-refractivity contribution in [3.8, 4) is 77.9 Å². The van der Waals surface area contributed by atoms with Gasteiger partial charge in [-0.05, 0) is 146 Å².